The lowest BCUT2D eigenvalue weighted by molar-refractivity contribution is -0.122. The van der Waals surface area contributed by atoms with Crippen molar-refractivity contribution in [3.63, 3.8) is 0 Å². The zero-order valence-corrected chi connectivity index (χ0v) is 7.50. The Morgan fingerprint density at radius 1 is 1.62 bits per heavy atom. The van der Waals surface area contributed by atoms with Crippen LogP contribution in [0.1, 0.15) is 6.92 Å². The van der Waals surface area contributed by atoms with E-state index in [1.165, 1.54) is 6.33 Å². The van der Waals surface area contributed by atoms with Gasteiger partial charge in [-0.25, -0.2) is 9.97 Å². The van der Waals surface area contributed by atoms with E-state index in [1.54, 1.807) is 6.92 Å². The molecule has 0 fully saturated rings. The molecule has 0 radical (unpaired) electrons. The molecule has 0 saturated carbocycles. The summed E-state index contributed by atoms with van der Waals surface area (Å²) in [5.41, 5.74) is 0. The molecule has 1 unspecified atom stereocenters. The largest absolute Gasteiger partial charge is 0.474 e. The molecule has 1 atom stereocenters. The summed E-state index contributed by atoms with van der Waals surface area (Å²) in [5.74, 6) is 0.418. The maximum absolute atomic E-state index is 11.1. The number of hydrogen-bond acceptors (Lipinski definition) is 4. The summed E-state index contributed by atoms with van der Waals surface area (Å²) in [6.07, 6.45) is 0.705. The fourth-order valence-electron chi connectivity index (χ4n) is 0.994. The second-order valence-corrected chi connectivity index (χ2v) is 2.95. The van der Waals surface area contributed by atoms with Gasteiger partial charge in [0.15, 0.2) is 17.1 Å². The molecule has 0 aromatic carbocycles. The average molecular weight is 200 g/mol. The van der Waals surface area contributed by atoms with Crippen LogP contribution in [0, 0.1) is 0 Å². The monoisotopic (exact) mass is 199 g/mol. The molecule has 2 rings (SSSR count). The van der Waals surface area contributed by atoms with Crippen LogP contribution >= 0.6 is 11.6 Å². The summed E-state index contributed by atoms with van der Waals surface area (Å²) >= 11 is 5.73. The van der Waals surface area contributed by atoms with E-state index in [9.17, 15) is 4.79 Å². The number of carbonyl (C=O) groups excluding carboxylic acids is 1. The van der Waals surface area contributed by atoms with Gasteiger partial charge in [-0.05, 0) is 6.92 Å². The quantitative estimate of drug-likeness (QED) is 0.630. The van der Waals surface area contributed by atoms with Crippen molar-refractivity contribution in [2.45, 2.75) is 13.0 Å². The van der Waals surface area contributed by atoms with E-state index >= 15 is 0 Å². The van der Waals surface area contributed by atoms with Gasteiger partial charge in [-0.3, -0.25) is 4.79 Å². The molecule has 1 aliphatic rings. The molecule has 68 valence electrons. The second-order valence-electron chi connectivity index (χ2n) is 2.59. The van der Waals surface area contributed by atoms with E-state index in [4.69, 9.17) is 16.3 Å². The highest BCUT2D eigenvalue weighted by molar-refractivity contribution is 6.31. The zero-order chi connectivity index (χ0) is 9.42. The van der Waals surface area contributed by atoms with Crippen LogP contribution in [0.3, 0.4) is 0 Å². The normalized spacial score (nSPS) is 20.2. The molecule has 1 aliphatic heterocycles. The topological polar surface area (TPSA) is 64.1 Å². The highest BCUT2D eigenvalue weighted by Gasteiger charge is 2.26. The maximum atomic E-state index is 11.1. The zero-order valence-electron chi connectivity index (χ0n) is 6.74. The smallest absolute Gasteiger partial charge is 0.266 e. The number of amides is 1. The molecular weight excluding hydrogens is 194 g/mol. The van der Waals surface area contributed by atoms with Crippen LogP contribution in [0.25, 0.3) is 0 Å². The molecule has 0 spiro atoms. The van der Waals surface area contributed by atoms with Gasteiger partial charge in [-0.1, -0.05) is 11.6 Å². The number of fused-ring (bicyclic) bond motifs is 1. The summed E-state index contributed by atoms with van der Waals surface area (Å²) in [7, 11) is 0. The first-order valence-corrected chi connectivity index (χ1v) is 4.04. The number of carbonyl (C=O) groups is 1. The van der Waals surface area contributed by atoms with Gasteiger partial charge >= 0.3 is 0 Å². The third-order valence-corrected chi connectivity index (χ3v) is 1.94. The van der Waals surface area contributed by atoms with Gasteiger partial charge in [0.2, 0.25) is 5.75 Å². The first-order valence-electron chi connectivity index (χ1n) is 3.66. The van der Waals surface area contributed by atoms with Crippen LogP contribution in [-0.4, -0.2) is 22.0 Å². The Morgan fingerprint density at radius 2 is 2.38 bits per heavy atom. The summed E-state index contributed by atoms with van der Waals surface area (Å²) < 4.78 is 5.21. The summed E-state index contributed by atoms with van der Waals surface area (Å²) in [5, 5.41) is 2.76. The lowest BCUT2D eigenvalue weighted by atomic mass is 10.3. The lowest BCUT2D eigenvalue weighted by Gasteiger charge is -2.22. The van der Waals surface area contributed by atoms with Gasteiger partial charge in [0.05, 0.1) is 0 Å². The average Bonchev–Trinajstić information content (AvgIpc) is 2.09. The van der Waals surface area contributed by atoms with Gasteiger partial charge < -0.3 is 10.1 Å². The van der Waals surface area contributed by atoms with Crippen molar-refractivity contribution < 1.29 is 9.53 Å². The molecule has 0 saturated heterocycles. The van der Waals surface area contributed by atoms with E-state index in [2.05, 4.69) is 15.3 Å². The standard InChI is InChI=1S/C7H6ClN3O2/c1-3-7(12)11-6-4(13-3)5(8)9-2-10-6/h2-3H,1H3,(H,9,10,11,12). The summed E-state index contributed by atoms with van der Waals surface area (Å²) in [6, 6.07) is 0. The maximum Gasteiger partial charge on any atom is 0.266 e. The van der Waals surface area contributed by atoms with Crippen molar-refractivity contribution in [3.05, 3.63) is 11.5 Å². The van der Waals surface area contributed by atoms with Crippen molar-refractivity contribution in [1.29, 1.82) is 0 Å². The number of nitrogens with one attached hydrogen (secondary N) is 1. The van der Waals surface area contributed by atoms with E-state index < -0.39 is 6.10 Å². The van der Waals surface area contributed by atoms with Crippen LogP contribution < -0.4 is 10.1 Å². The molecule has 1 N–H and O–H groups in total. The number of rotatable bonds is 0. The minimum Gasteiger partial charge on any atom is -0.474 e. The van der Waals surface area contributed by atoms with E-state index in [1.807, 2.05) is 0 Å². The van der Waals surface area contributed by atoms with Crippen molar-refractivity contribution in [2.75, 3.05) is 5.32 Å². The Kier molecular flexibility index (Phi) is 1.81. The van der Waals surface area contributed by atoms with Crippen LogP contribution in [-0.2, 0) is 4.79 Å². The number of nitrogens with zero attached hydrogens (tertiary/aromatic N) is 2. The fourth-order valence-corrected chi connectivity index (χ4v) is 1.17. The fraction of sp³-hybridized carbons (Fsp3) is 0.286. The Labute approximate surface area is 79.1 Å². The number of ether oxygens (including phenoxy) is 1. The van der Waals surface area contributed by atoms with Gasteiger partial charge in [-0.15, -0.1) is 0 Å². The van der Waals surface area contributed by atoms with Gasteiger partial charge in [0.1, 0.15) is 6.33 Å². The minimum atomic E-state index is -0.559. The Bertz CT molecular complexity index is 369. The predicted molar refractivity (Wildman–Crippen MR) is 45.8 cm³/mol. The first-order chi connectivity index (χ1) is 6.18. The Morgan fingerprint density at radius 3 is 3.15 bits per heavy atom. The summed E-state index contributed by atoms with van der Waals surface area (Å²) in [6.45, 7) is 1.63. The molecule has 6 heteroatoms. The van der Waals surface area contributed by atoms with Crippen molar-refractivity contribution in [2.24, 2.45) is 0 Å². The van der Waals surface area contributed by atoms with Crippen molar-refractivity contribution in [1.82, 2.24) is 9.97 Å². The molecule has 5 nitrogen and oxygen atoms in total. The van der Waals surface area contributed by atoms with Crippen molar-refractivity contribution in [3.8, 4) is 5.75 Å². The van der Waals surface area contributed by atoms with Crippen LogP contribution in [0.15, 0.2) is 6.33 Å². The minimum absolute atomic E-state index is 0.205. The highest BCUT2D eigenvalue weighted by Crippen LogP contribution is 2.32. The molecule has 2 heterocycles. The molecule has 1 amide bonds. The number of halogens is 1. The molecule has 0 bridgehead atoms. The van der Waals surface area contributed by atoms with Gasteiger partial charge in [-0.2, -0.15) is 0 Å². The van der Waals surface area contributed by atoms with Crippen LogP contribution in [0.2, 0.25) is 5.15 Å². The first kappa shape index (κ1) is 8.25. The predicted octanol–water partition coefficient (Wildman–Crippen LogP) is 0.849. The van der Waals surface area contributed by atoms with E-state index in [0.29, 0.717) is 11.6 Å². The van der Waals surface area contributed by atoms with E-state index in [0.717, 1.165) is 0 Å². The van der Waals surface area contributed by atoms with Gasteiger partial charge in [0, 0.05) is 0 Å². The van der Waals surface area contributed by atoms with Crippen molar-refractivity contribution >= 4 is 23.3 Å². The Hall–Kier alpha value is -1.36. The molecule has 0 aliphatic carbocycles. The summed E-state index contributed by atoms with van der Waals surface area (Å²) in [4.78, 5) is 18.7. The third kappa shape index (κ3) is 1.31. The SMILES string of the molecule is CC1Oc2c(Cl)ncnc2NC1=O. The van der Waals surface area contributed by atoms with Gasteiger partial charge in [0.25, 0.3) is 5.91 Å². The lowest BCUT2D eigenvalue weighted by Crippen LogP contribution is -2.35. The number of aromatic nitrogens is 2. The molecule has 13 heavy (non-hydrogen) atoms. The van der Waals surface area contributed by atoms with Crippen LogP contribution in [0.4, 0.5) is 5.82 Å². The second kappa shape index (κ2) is 2.85. The number of hydrogen-bond donors (Lipinski definition) is 1. The molecule has 1 aromatic heterocycles. The highest BCUT2D eigenvalue weighted by atomic mass is 35.5. The number of anilines is 1. The van der Waals surface area contributed by atoms with Crippen LogP contribution in [0.5, 0.6) is 5.75 Å². The molecular formula is C7H6ClN3O2. The van der Waals surface area contributed by atoms with E-state index in [-0.39, 0.29) is 11.1 Å². The Balaban J connectivity index is 2.48. The third-order valence-electron chi connectivity index (χ3n) is 1.67. The molecule has 1 aromatic rings.